The molecule has 0 aliphatic heterocycles. The molecule has 0 saturated heterocycles. The van der Waals surface area contributed by atoms with Crippen molar-refractivity contribution < 1.29 is 9.13 Å². The first-order chi connectivity index (χ1) is 7.77. The van der Waals surface area contributed by atoms with Gasteiger partial charge in [-0.25, -0.2) is 4.39 Å². The minimum Gasteiger partial charge on any atom is -0.491 e. The topological polar surface area (TPSA) is 21.3 Å². The Hall–Kier alpha value is -1.69. The van der Waals surface area contributed by atoms with E-state index < -0.39 is 0 Å². The standard InChI is InChI=1S/C13H16FNO/c1-3-5-6-9-15-11-7-8-13(16-4-2)12(14)10-11/h1,7-8,10,15H,4-6,9H2,2H3. The van der Waals surface area contributed by atoms with Crippen LogP contribution in [0.25, 0.3) is 0 Å². The lowest BCUT2D eigenvalue weighted by atomic mass is 10.2. The van der Waals surface area contributed by atoms with Gasteiger partial charge in [-0.15, -0.1) is 12.3 Å². The van der Waals surface area contributed by atoms with Crippen LogP contribution in [0.15, 0.2) is 18.2 Å². The van der Waals surface area contributed by atoms with E-state index in [0.717, 1.165) is 25.1 Å². The van der Waals surface area contributed by atoms with Gasteiger partial charge < -0.3 is 10.1 Å². The van der Waals surface area contributed by atoms with Gasteiger partial charge in [-0.3, -0.25) is 0 Å². The third-order valence-corrected chi connectivity index (χ3v) is 2.06. The Morgan fingerprint density at radius 2 is 2.31 bits per heavy atom. The fraction of sp³-hybridized carbons (Fsp3) is 0.385. The molecule has 1 aromatic rings. The first-order valence-corrected chi connectivity index (χ1v) is 5.37. The smallest absolute Gasteiger partial charge is 0.167 e. The zero-order valence-corrected chi connectivity index (χ0v) is 9.42. The summed E-state index contributed by atoms with van der Waals surface area (Å²) >= 11 is 0. The van der Waals surface area contributed by atoms with E-state index >= 15 is 0 Å². The van der Waals surface area contributed by atoms with Gasteiger partial charge in [-0.05, 0) is 25.5 Å². The van der Waals surface area contributed by atoms with Gasteiger partial charge >= 0.3 is 0 Å². The SMILES string of the molecule is C#CCCCNc1ccc(OCC)c(F)c1. The molecule has 0 unspecified atom stereocenters. The third kappa shape index (κ3) is 3.82. The number of benzene rings is 1. The highest BCUT2D eigenvalue weighted by atomic mass is 19.1. The van der Waals surface area contributed by atoms with E-state index in [2.05, 4.69) is 11.2 Å². The van der Waals surface area contributed by atoms with E-state index in [1.54, 1.807) is 12.1 Å². The van der Waals surface area contributed by atoms with Gasteiger partial charge in [0, 0.05) is 24.7 Å². The van der Waals surface area contributed by atoms with Crippen molar-refractivity contribution in [3.8, 4) is 18.1 Å². The Kier molecular flexibility index (Phi) is 5.21. The number of anilines is 1. The number of unbranched alkanes of at least 4 members (excludes halogenated alkanes) is 1. The van der Waals surface area contributed by atoms with Crippen LogP contribution in [-0.2, 0) is 0 Å². The van der Waals surface area contributed by atoms with E-state index in [-0.39, 0.29) is 11.6 Å². The summed E-state index contributed by atoms with van der Waals surface area (Å²) in [6.45, 7) is 3.04. The number of rotatable bonds is 6. The minimum absolute atomic E-state index is 0.289. The van der Waals surface area contributed by atoms with Crippen LogP contribution in [0, 0.1) is 18.2 Å². The Morgan fingerprint density at radius 3 is 2.94 bits per heavy atom. The molecule has 0 amide bonds. The van der Waals surface area contributed by atoms with Crippen molar-refractivity contribution >= 4 is 5.69 Å². The molecule has 0 aromatic heterocycles. The van der Waals surface area contributed by atoms with Crippen molar-refractivity contribution in [2.24, 2.45) is 0 Å². The average molecular weight is 221 g/mol. The van der Waals surface area contributed by atoms with E-state index in [4.69, 9.17) is 11.2 Å². The lowest BCUT2D eigenvalue weighted by molar-refractivity contribution is 0.321. The monoisotopic (exact) mass is 221 g/mol. The van der Waals surface area contributed by atoms with Crippen LogP contribution in [0.4, 0.5) is 10.1 Å². The molecule has 1 aromatic carbocycles. The fourth-order valence-electron chi connectivity index (χ4n) is 1.31. The van der Waals surface area contributed by atoms with Crippen LogP contribution < -0.4 is 10.1 Å². The van der Waals surface area contributed by atoms with Crippen LogP contribution in [0.3, 0.4) is 0 Å². The highest BCUT2D eigenvalue weighted by Crippen LogP contribution is 2.20. The van der Waals surface area contributed by atoms with Crippen LogP contribution in [0.1, 0.15) is 19.8 Å². The Morgan fingerprint density at radius 1 is 1.50 bits per heavy atom. The van der Waals surface area contributed by atoms with E-state index in [0.29, 0.717) is 6.61 Å². The predicted octanol–water partition coefficient (Wildman–Crippen LogP) is 3.05. The summed E-state index contributed by atoms with van der Waals surface area (Å²) in [7, 11) is 0. The number of terminal acetylenes is 1. The normalized spacial score (nSPS) is 9.56. The number of hydrogen-bond donors (Lipinski definition) is 1. The van der Waals surface area contributed by atoms with Crippen LogP contribution in [0.5, 0.6) is 5.75 Å². The molecule has 0 radical (unpaired) electrons. The largest absolute Gasteiger partial charge is 0.491 e. The van der Waals surface area contributed by atoms with Gasteiger partial charge in [0.2, 0.25) is 0 Å². The molecule has 0 bridgehead atoms. The molecule has 0 atom stereocenters. The second kappa shape index (κ2) is 6.73. The molecule has 0 fully saturated rings. The summed E-state index contributed by atoms with van der Waals surface area (Å²) in [4.78, 5) is 0. The number of nitrogens with one attached hydrogen (secondary N) is 1. The molecular formula is C13H16FNO. The second-order valence-corrected chi connectivity index (χ2v) is 3.31. The molecule has 2 nitrogen and oxygen atoms in total. The third-order valence-electron chi connectivity index (χ3n) is 2.06. The predicted molar refractivity (Wildman–Crippen MR) is 64.1 cm³/mol. The zero-order chi connectivity index (χ0) is 11.8. The lowest BCUT2D eigenvalue weighted by Crippen LogP contribution is -2.02. The number of ether oxygens (including phenoxy) is 1. The molecule has 0 spiro atoms. The molecule has 0 aliphatic rings. The first-order valence-electron chi connectivity index (χ1n) is 5.37. The quantitative estimate of drug-likeness (QED) is 0.589. The highest BCUT2D eigenvalue weighted by Gasteiger charge is 2.03. The summed E-state index contributed by atoms with van der Waals surface area (Å²) < 4.78 is 18.5. The Balaban J connectivity index is 2.50. The molecule has 1 N–H and O–H groups in total. The second-order valence-electron chi connectivity index (χ2n) is 3.31. The summed E-state index contributed by atoms with van der Waals surface area (Å²) in [5, 5.41) is 3.10. The maximum Gasteiger partial charge on any atom is 0.167 e. The summed E-state index contributed by atoms with van der Waals surface area (Å²) in [5.74, 6) is 2.50. The molecule has 0 heterocycles. The molecular weight excluding hydrogens is 205 g/mol. The average Bonchev–Trinajstić information content (AvgIpc) is 2.28. The maximum atomic E-state index is 13.4. The van der Waals surface area contributed by atoms with Gasteiger partial charge in [0.1, 0.15) is 0 Å². The molecule has 1 rings (SSSR count). The van der Waals surface area contributed by atoms with Crippen molar-refractivity contribution in [1.29, 1.82) is 0 Å². The van der Waals surface area contributed by atoms with Crippen molar-refractivity contribution in [2.75, 3.05) is 18.5 Å². The molecule has 0 aliphatic carbocycles. The van der Waals surface area contributed by atoms with E-state index in [9.17, 15) is 4.39 Å². The molecule has 3 heteroatoms. The molecule has 86 valence electrons. The Bertz CT molecular complexity index is 371. The van der Waals surface area contributed by atoms with Crippen LogP contribution >= 0.6 is 0 Å². The van der Waals surface area contributed by atoms with E-state index in [1.807, 2.05) is 6.92 Å². The van der Waals surface area contributed by atoms with Gasteiger partial charge in [0.25, 0.3) is 0 Å². The molecule has 16 heavy (non-hydrogen) atoms. The van der Waals surface area contributed by atoms with E-state index in [1.165, 1.54) is 6.07 Å². The van der Waals surface area contributed by atoms with Crippen molar-refractivity contribution in [2.45, 2.75) is 19.8 Å². The highest BCUT2D eigenvalue weighted by molar-refractivity contribution is 5.47. The summed E-state index contributed by atoms with van der Waals surface area (Å²) in [6, 6.07) is 4.85. The van der Waals surface area contributed by atoms with Gasteiger partial charge in [0.05, 0.1) is 6.61 Å². The molecule has 0 saturated carbocycles. The maximum absolute atomic E-state index is 13.4. The number of halogens is 1. The summed E-state index contributed by atoms with van der Waals surface area (Å²) in [6.07, 6.45) is 6.74. The lowest BCUT2D eigenvalue weighted by Gasteiger charge is -2.08. The zero-order valence-electron chi connectivity index (χ0n) is 9.42. The van der Waals surface area contributed by atoms with Crippen LogP contribution in [0.2, 0.25) is 0 Å². The van der Waals surface area contributed by atoms with Crippen molar-refractivity contribution in [1.82, 2.24) is 0 Å². The minimum atomic E-state index is -0.344. The first kappa shape index (κ1) is 12.4. The van der Waals surface area contributed by atoms with Gasteiger partial charge in [-0.1, -0.05) is 0 Å². The van der Waals surface area contributed by atoms with Gasteiger partial charge in [-0.2, -0.15) is 0 Å². The number of hydrogen-bond acceptors (Lipinski definition) is 2. The summed E-state index contributed by atoms with van der Waals surface area (Å²) in [5.41, 5.74) is 0.748. The van der Waals surface area contributed by atoms with Gasteiger partial charge in [0.15, 0.2) is 11.6 Å². The van der Waals surface area contributed by atoms with Crippen molar-refractivity contribution in [3.63, 3.8) is 0 Å². The fourth-order valence-corrected chi connectivity index (χ4v) is 1.31. The van der Waals surface area contributed by atoms with Crippen molar-refractivity contribution in [3.05, 3.63) is 24.0 Å². The van der Waals surface area contributed by atoms with Crippen LogP contribution in [-0.4, -0.2) is 13.2 Å². The Labute approximate surface area is 95.8 Å².